The first kappa shape index (κ1) is 22.3. The fourth-order valence-corrected chi connectivity index (χ4v) is 2.38. The van der Waals surface area contributed by atoms with Crippen LogP contribution in [0.3, 0.4) is 0 Å². The molecule has 0 radical (unpaired) electrons. The van der Waals surface area contributed by atoms with E-state index in [9.17, 15) is 9.59 Å². The van der Waals surface area contributed by atoms with Crippen LogP contribution in [-0.4, -0.2) is 37.0 Å². The van der Waals surface area contributed by atoms with Crippen LogP contribution in [0.25, 0.3) is 0 Å². The van der Waals surface area contributed by atoms with Crippen molar-refractivity contribution in [2.24, 2.45) is 11.5 Å². The fourth-order valence-electron chi connectivity index (χ4n) is 2.38. The largest absolute Gasteiger partial charge is 0.353 e. The lowest BCUT2D eigenvalue weighted by Gasteiger charge is -2.15. The number of hydrogen-bond acceptors (Lipinski definition) is 4. The van der Waals surface area contributed by atoms with Gasteiger partial charge < -0.3 is 22.1 Å². The Morgan fingerprint density at radius 3 is 2.22 bits per heavy atom. The van der Waals surface area contributed by atoms with Crippen molar-refractivity contribution in [3.8, 4) is 0 Å². The van der Waals surface area contributed by atoms with Crippen molar-refractivity contribution in [1.82, 2.24) is 10.6 Å². The van der Waals surface area contributed by atoms with Gasteiger partial charge in [-0.1, -0.05) is 61.2 Å². The number of nitrogens with two attached hydrogens (primary N) is 2. The molecule has 0 saturated heterocycles. The Morgan fingerprint density at radius 2 is 1.67 bits per heavy atom. The van der Waals surface area contributed by atoms with Crippen LogP contribution in [0.1, 0.15) is 18.9 Å². The summed E-state index contributed by atoms with van der Waals surface area (Å²) < 4.78 is 0. The van der Waals surface area contributed by atoms with Gasteiger partial charge in [0.1, 0.15) is 0 Å². The van der Waals surface area contributed by atoms with Crippen LogP contribution >= 0.6 is 0 Å². The number of benzene rings is 1. The third kappa shape index (κ3) is 8.99. The summed E-state index contributed by atoms with van der Waals surface area (Å²) in [5, 5.41) is 5.43. The summed E-state index contributed by atoms with van der Waals surface area (Å²) in [6, 6.07) is 8.28. The summed E-state index contributed by atoms with van der Waals surface area (Å²) in [6.45, 7) is 6.21. The zero-order valence-electron chi connectivity index (χ0n) is 15.9. The van der Waals surface area contributed by atoms with Gasteiger partial charge in [0.15, 0.2) is 0 Å². The zero-order chi connectivity index (χ0) is 20.1. The van der Waals surface area contributed by atoms with Crippen LogP contribution in [0.5, 0.6) is 0 Å². The molecule has 2 unspecified atom stereocenters. The van der Waals surface area contributed by atoms with Crippen molar-refractivity contribution in [3.05, 3.63) is 72.4 Å². The number of amides is 2. The van der Waals surface area contributed by atoms with Gasteiger partial charge in [-0.25, -0.2) is 0 Å². The average Bonchev–Trinajstić information content (AvgIpc) is 2.68. The molecule has 0 aromatic heterocycles. The van der Waals surface area contributed by atoms with Crippen molar-refractivity contribution in [1.29, 1.82) is 0 Å². The minimum Gasteiger partial charge on any atom is -0.353 e. The minimum atomic E-state index is -0.671. The number of nitrogens with one attached hydrogen (secondary N) is 2. The molecule has 6 heteroatoms. The van der Waals surface area contributed by atoms with E-state index in [1.807, 2.05) is 55.5 Å². The molecule has 2 atom stereocenters. The fraction of sp³-hybridized carbons (Fsp3) is 0.333. The molecule has 0 aliphatic carbocycles. The highest BCUT2D eigenvalue weighted by Crippen LogP contribution is 2.06. The molecule has 6 nitrogen and oxygen atoms in total. The van der Waals surface area contributed by atoms with Gasteiger partial charge in [0.2, 0.25) is 11.8 Å². The summed E-state index contributed by atoms with van der Waals surface area (Å²) in [4.78, 5) is 24.0. The van der Waals surface area contributed by atoms with Gasteiger partial charge in [-0.3, -0.25) is 9.59 Å². The second kappa shape index (κ2) is 12.6. The molecule has 27 heavy (non-hydrogen) atoms. The van der Waals surface area contributed by atoms with Gasteiger partial charge in [0.05, 0.1) is 12.1 Å². The van der Waals surface area contributed by atoms with Crippen molar-refractivity contribution >= 4 is 11.8 Å². The van der Waals surface area contributed by atoms with Gasteiger partial charge >= 0.3 is 0 Å². The normalized spacial score (nSPS) is 13.8. The Hall–Kier alpha value is -2.70. The minimum absolute atomic E-state index is 0.249. The predicted molar refractivity (Wildman–Crippen MR) is 110 cm³/mol. The maximum absolute atomic E-state index is 12.0. The maximum atomic E-state index is 12.0. The molecule has 0 fully saturated rings. The first-order valence-electron chi connectivity index (χ1n) is 9.02. The summed E-state index contributed by atoms with van der Waals surface area (Å²) >= 11 is 0. The molecule has 0 saturated carbocycles. The van der Waals surface area contributed by atoms with E-state index < -0.39 is 12.1 Å². The van der Waals surface area contributed by atoms with E-state index in [-0.39, 0.29) is 11.8 Å². The van der Waals surface area contributed by atoms with Gasteiger partial charge in [-0.15, -0.1) is 0 Å². The van der Waals surface area contributed by atoms with Crippen molar-refractivity contribution in [2.45, 2.75) is 31.8 Å². The smallest absolute Gasteiger partial charge is 0.237 e. The Kier molecular flexibility index (Phi) is 10.4. The molecule has 1 aromatic rings. The third-order valence-corrected chi connectivity index (χ3v) is 3.92. The standard InChI is InChI=1S/C21H30N4O2/c1-3-5-9-16(4-2)14-18(22)20(26)24-12-13-25-21(27)19(23)15-17-10-7-6-8-11-17/h3-11,18-19H,2,12-15,22-23H2,1H3,(H,24,26)(H,25,27)/b5-3-,16-9+. The third-order valence-electron chi connectivity index (χ3n) is 3.92. The Bertz CT molecular complexity index is 668. The quantitative estimate of drug-likeness (QED) is 0.346. The summed E-state index contributed by atoms with van der Waals surface area (Å²) in [6.07, 6.45) is 8.17. The van der Waals surface area contributed by atoms with Crippen molar-refractivity contribution < 1.29 is 9.59 Å². The monoisotopic (exact) mass is 370 g/mol. The molecule has 0 bridgehead atoms. The summed E-state index contributed by atoms with van der Waals surface area (Å²) in [5.74, 6) is -0.522. The number of hydrogen-bond donors (Lipinski definition) is 4. The van der Waals surface area contributed by atoms with Crippen LogP contribution < -0.4 is 22.1 Å². The van der Waals surface area contributed by atoms with Crippen LogP contribution in [0, 0.1) is 0 Å². The number of rotatable bonds is 11. The molecule has 146 valence electrons. The SMILES string of the molecule is C=C/C(=C\C=C/C)CC(N)C(=O)NCCNC(=O)C(N)Cc1ccccc1. The molecular weight excluding hydrogens is 340 g/mol. The van der Waals surface area contributed by atoms with E-state index in [0.717, 1.165) is 11.1 Å². The molecule has 0 heterocycles. The summed E-state index contributed by atoms with van der Waals surface area (Å²) in [7, 11) is 0. The van der Waals surface area contributed by atoms with Crippen LogP contribution in [0.4, 0.5) is 0 Å². The van der Waals surface area contributed by atoms with Gasteiger partial charge in [0.25, 0.3) is 0 Å². The molecule has 6 N–H and O–H groups in total. The Labute approximate surface area is 161 Å². The van der Waals surface area contributed by atoms with Crippen LogP contribution in [0.15, 0.2) is 66.8 Å². The van der Waals surface area contributed by atoms with Gasteiger partial charge in [-0.2, -0.15) is 0 Å². The molecule has 0 spiro atoms. The van der Waals surface area contributed by atoms with E-state index in [1.165, 1.54) is 0 Å². The lowest BCUT2D eigenvalue weighted by molar-refractivity contribution is -0.124. The molecular formula is C21H30N4O2. The lowest BCUT2D eigenvalue weighted by Crippen LogP contribution is -2.46. The zero-order valence-corrected chi connectivity index (χ0v) is 15.9. The predicted octanol–water partition coefficient (Wildman–Crippen LogP) is 1.19. The van der Waals surface area contributed by atoms with E-state index in [0.29, 0.717) is 25.9 Å². The van der Waals surface area contributed by atoms with Crippen LogP contribution in [0.2, 0.25) is 0 Å². The van der Waals surface area contributed by atoms with Crippen LogP contribution in [-0.2, 0) is 16.0 Å². The Morgan fingerprint density at radius 1 is 1.07 bits per heavy atom. The lowest BCUT2D eigenvalue weighted by atomic mass is 10.1. The van der Waals surface area contributed by atoms with E-state index in [4.69, 9.17) is 11.5 Å². The number of carbonyl (C=O) groups excluding carboxylic acids is 2. The second-order valence-corrected chi connectivity index (χ2v) is 6.16. The van der Waals surface area contributed by atoms with E-state index >= 15 is 0 Å². The number of allylic oxidation sites excluding steroid dienone is 4. The molecule has 1 aromatic carbocycles. The maximum Gasteiger partial charge on any atom is 0.237 e. The highest BCUT2D eigenvalue weighted by molar-refractivity contribution is 5.83. The summed E-state index contributed by atoms with van der Waals surface area (Å²) in [5.41, 5.74) is 13.7. The average molecular weight is 370 g/mol. The van der Waals surface area contributed by atoms with E-state index in [1.54, 1.807) is 6.08 Å². The molecule has 0 aliphatic heterocycles. The first-order chi connectivity index (χ1) is 13.0. The van der Waals surface area contributed by atoms with E-state index in [2.05, 4.69) is 17.2 Å². The molecule has 1 rings (SSSR count). The Balaban J connectivity index is 2.30. The van der Waals surface area contributed by atoms with Gasteiger partial charge in [-0.05, 0) is 30.9 Å². The second-order valence-electron chi connectivity index (χ2n) is 6.16. The molecule has 2 amide bonds. The topological polar surface area (TPSA) is 110 Å². The van der Waals surface area contributed by atoms with Crippen molar-refractivity contribution in [3.63, 3.8) is 0 Å². The number of carbonyl (C=O) groups is 2. The molecule has 0 aliphatic rings. The highest BCUT2D eigenvalue weighted by Gasteiger charge is 2.15. The van der Waals surface area contributed by atoms with Crippen molar-refractivity contribution in [2.75, 3.05) is 13.1 Å². The highest BCUT2D eigenvalue weighted by atomic mass is 16.2. The first-order valence-corrected chi connectivity index (χ1v) is 9.02. The van der Waals surface area contributed by atoms with Gasteiger partial charge in [0, 0.05) is 13.1 Å².